The molecule has 2 rings (SSSR count). The van der Waals surface area contributed by atoms with Gasteiger partial charge in [-0.25, -0.2) is 4.98 Å². The van der Waals surface area contributed by atoms with Crippen molar-refractivity contribution in [1.82, 2.24) is 0 Å². The average molecular weight is 338 g/mol. The molecule has 0 saturated heterocycles. The van der Waals surface area contributed by atoms with Gasteiger partial charge >= 0.3 is 0 Å². The maximum absolute atomic E-state index is 12.1. The molecular formula is C17H16N5OS+. The summed E-state index contributed by atoms with van der Waals surface area (Å²) in [7, 11) is 0. The average Bonchev–Trinajstić information content (AvgIpc) is 2.52. The van der Waals surface area contributed by atoms with Gasteiger partial charge in [-0.2, -0.15) is 10.5 Å². The summed E-state index contributed by atoms with van der Waals surface area (Å²) in [6.07, 6.45) is 0. The Labute approximate surface area is 144 Å². The quantitative estimate of drug-likeness (QED) is 0.829. The number of aryl methyl sites for hydroxylation is 2. The Balaban J connectivity index is 2.08. The lowest BCUT2D eigenvalue weighted by Crippen LogP contribution is -2.19. The second-order valence-corrected chi connectivity index (χ2v) is 6.26. The second kappa shape index (κ2) is 7.49. The number of nitrogens with two attached hydrogens (primary N) is 1. The lowest BCUT2D eigenvalue weighted by Gasteiger charge is -2.07. The van der Waals surface area contributed by atoms with E-state index in [1.165, 1.54) is 6.07 Å². The number of hydrogen-bond donors (Lipinski definition) is 2. The first-order valence-corrected chi connectivity index (χ1v) is 8.08. The van der Waals surface area contributed by atoms with Gasteiger partial charge in [-0.3, -0.25) is 10.5 Å². The van der Waals surface area contributed by atoms with Crippen LogP contribution >= 0.6 is 11.8 Å². The van der Waals surface area contributed by atoms with Gasteiger partial charge in [-0.15, -0.1) is 0 Å². The third-order valence-electron chi connectivity index (χ3n) is 3.17. The zero-order chi connectivity index (χ0) is 17.7. The Bertz CT molecular complexity index is 860. The highest BCUT2D eigenvalue weighted by Gasteiger charge is 2.16. The molecule has 0 atom stereocenters. The van der Waals surface area contributed by atoms with E-state index < -0.39 is 0 Å². The number of thioether (sulfide) groups is 1. The number of benzene rings is 1. The zero-order valence-electron chi connectivity index (χ0n) is 13.3. The van der Waals surface area contributed by atoms with E-state index >= 15 is 0 Å². The highest BCUT2D eigenvalue weighted by atomic mass is 32.2. The van der Waals surface area contributed by atoms with E-state index in [1.54, 1.807) is 0 Å². The van der Waals surface area contributed by atoms with Gasteiger partial charge in [0.2, 0.25) is 5.91 Å². The lowest BCUT2D eigenvalue weighted by molar-refractivity contribution is -0.410. The van der Waals surface area contributed by atoms with Crippen LogP contribution in [0.15, 0.2) is 29.3 Å². The molecule has 1 amide bonds. The molecule has 24 heavy (non-hydrogen) atoms. The molecule has 0 aliphatic carbocycles. The highest BCUT2D eigenvalue weighted by molar-refractivity contribution is 7.99. The van der Waals surface area contributed by atoms with Gasteiger partial charge in [-0.05, 0) is 43.2 Å². The van der Waals surface area contributed by atoms with Crippen molar-refractivity contribution < 1.29 is 9.78 Å². The van der Waals surface area contributed by atoms with Crippen LogP contribution in [-0.2, 0) is 4.79 Å². The van der Waals surface area contributed by atoms with E-state index in [-0.39, 0.29) is 28.6 Å². The number of nitrogens with zero attached hydrogens (tertiary/aromatic N) is 2. The van der Waals surface area contributed by atoms with Gasteiger partial charge < -0.3 is 5.32 Å². The number of carbonyl (C=O) groups is 1. The molecule has 1 aromatic heterocycles. The van der Waals surface area contributed by atoms with Crippen molar-refractivity contribution in [3.63, 3.8) is 0 Å². The third kappa shape index (κ3) is 4.25. The predicted molar refractivity (Wildman–Crippen MR) is 92.1 cm³/mol. The molecule has 0 bridgehead atoms. The number of aromatic amines is 1. The smallest absolute Gasteiger partial charge is 0.289 e. The van der Waals surface area contributed by atoms with E-state index in [4.69, 9.17) is 16.3 Å². The molecule has 1 aromatic carbocycles. The van der Waals surface area contributed by atoms with Gasteiger partial charge in [0.25, 0.3) is 5.82 Å². The highest BCUT2D eigenvalue weighted by Crippen LogP contribution is 2.21. The summed E-state index contributed by atoms with van der Waals surface area (Å²) >= 11 is 1.16. The molecule has 7 heteroatoms. The number of rotatable bonds is 4. The SMILES string of the molecule is Cc1cc(C)cc(NC(=O)CSc2[nH+]c(N)c(C#N)cc2C#N)c1. The number of H-pyrrole nitrogens is 1. The zero-order valence-corrected chi connectivity index (χ0v) is 14.1. The molecule has 0 aliphatic heterocycles. The van der Waals surface area contributed by atoms with Crippen LogP contribution in [0.5, 0.6) is 0 Å². The third-order valence-corrected chi connectivity index (χ3v) is 4.18. The summed E-state index contributed by atoms with van der Waals surface area (Å²) in [5.41, 5.74) is 9.08. The van der Waals surface area contributed by atoms with Crippen molar-refractivity contribution in [2.24, 2.45) is 0 Å². The first-order chi connectivity index (χ1) is 11.4. The number of nitrogens with one attached hydrogen (secondary N) is 2. The van der Waals surface area contributed by atoms with E-state index in [9.17, 15) is 4.79 Å². The Morgan fingerprint density at radius 1 is 1.17 bits per heavy atom. The Morgan fingerprint density at radius 2 is 1.79 bits per heavy atom. The summed E-state index contributed by atoms with van der Waals surface area (Å²) in [5, 5.41) is 21.4. The molecule has 0 unspecified atom stereocenters. The molecule has 6 nitrogen and oxygen atoms in total. The minimum Gasteiger partial charge on any atom is -0.325 e. The molecule has 2 aromatic rings. The molecule has 0 radical (unpaired) electrons. The Kier molecular flexibility index (Phi) is 5.41. The van der Waals surface area contributed by atoms with Crippen molar-refractivity contribution in [1.29, 1.82) is 10.5 Å². The van der Waals surface area contributed by atoms with E-state index in [0.717, 1.165) is 28.6 Å². The summed E-state index contributed by atoms with van der Waals surface area (Å²) in [5.74, 6) is 0.0997. The first-order valence-electron chi connectivity index (χ1n) is 7.10. The lowest BCUT2D eigenvalue weighted by atomic mass is 10.1. The summed E-state index contributed by atoms with van der Waals surface area (Å²) in [4.78, 5) is 14.9. The summed E-state index contributed by atoms with van der Waals surface area (Å²) in [6.45, 7) is 3.93. The number of nitrogen functional groups attached to an aromatic ring is 1. The molecule has 0 spiro atoms. The fourth-order valence-corrected chi connectivity index (χ4v) is 3.01. The van der Waals surface area contributed by atoms with Crippen molar-refractivity contribution in [3.8, 4) is 12.1 Å². The van der Waals surface area contributed by atoms with Gasteiger partial charge in [-0.1, -0.05) is 17.8 Å². The van der Waals surface area contributed by atoms with Crippen LogP contribution in [0.2, 0.25) is 0 Å². The molecule has 1 heterocycles. The van der Waals surface area contributed by atoms with Crippen LogP contribution in [0.25, 0.3) is 0 Å². The van der Waals surface area contributed by atoms with Crippen molar-refractivity contribution >= 4 is 29.2 Å². The minimum atomic E-state index is -0.190. The number of aromatic nitrogens is 1. The Morgan fingerprint density at radius 3 is 2.38 bits per heavy atom. The number of pyridine rings is 1. The molecular weight excluding hydrogens is 322 g/mol. The molecule has 120 valence electrons. The van der Waals surface area contributed by atoms with Gasteiger partial charge in [0.15, 0.2) is 5.03 Å². The number of hydrogen-bond acceptors (Lipinski definition) is 5. The minimum absolute atomic E-state index is 0.115. The van der Waals surface area contributed by atoms with Gasteiger partial charge in [0.05, 0.1) is 5.75 Å². The van der Waals surface area contributed by atoms with Crippen molar-refractivity contribution in [2.45, 2.75) is 18.9 Å². The number of anilines is 2. The number of nitriles is 2. The summed E-state index contributed by atoms with van der Waals surface area (Å²) < 4.78 is 0. The van der Waals surface area contributed by atoms with Crippen LogP contribution in [-0.4, -0.2) is 11.7 Å². The van der Waals surface area contributed by atoms with Crippen LogP contribution in [0.4, 0.5) is 11.5 Å². The first kappa shape index (κ1) is 17.3. The predicted octanol–water partition coefficient (Wildman–Crippen LogP) is 2.17. The fraction of sp³-hybridized carbons (Fsp3) is 0.176. The largest absolute Gasteiger partial charge is 0.325 e. The maximum atomic E-state index is 12.1. The van der Waals surface area contributed by atoms with E-state index in [2.05, 4.69) is 10.3 Å². The molecule has 4 N–H and O–H groups in total. The fourth-order valence-electron chi connectivity index (χ4n) is 2.22. The Hall–Kier alpha value is -3.03. The van der Waals surface area contributed by atoms with Crippen LogP contribution in [0.1, 0.15) is 22.3 Å². The standard InChI is InChI=1S/C17H15N5OS/c1-10-3-11(2)5-14(4-10)21-15(23)9-24-17-13(8-19)6-12(7-18)16(20)22-17/h3-6H,9H2,1-2H3,(H2,20,22)(H,21,23)/p+1. The van der Waals surface area contributed by atoms with E-state index in [1.807, 2.05) is 44.2 Å². The molecule has 0 fully saturated rings. The topological polar surface area (TPSA) is 117 Å². The number of carbonyl (C=O) groups excluding carboxylic acids is 1. The molecule has 0 aliphatic rings. The van der Waals surface area contributed by atoms with Crippen LogP contribution in [0.3, 0.4) is 0 Å². The van der Waals surface area contributed by atoms with Crippen LogP contribution in [0, 0.1) is 36.5 Å². The molecule has 0 saturated carbocycles. The summed E-state index contributed by atoms with van der Waals surface area (Å²) in [6, 6.07) is 11.1. The van der Waals surface area contributed by atoms with E-state index in [0.29, 0.717) is 5.03 Å². The number of amides is 1. The monoisotopic (exact) mass is 338 g/mol. The second-order valence-electron chi connectivity index (χ2n) is 5.28. The van der Waals surface area contributed by atoms with Crippen LogP contribution < -0.4 is 16.0 Å². The van der Waals surface area contributed by atoms with Gasteiger partial charge in [0.1, 0.15) is 23.3 Å². The van der Waals surface area contributed by atoms with Crippen molar-refractivity contribution in [2.75, 3.05) is 16.8 Å². The maximum Gasteiger partial charge on any atom is 0.289 e. The van der Waals surface area contributed by atoms with Gasteiger partial charge in [0, 0.05) is 5.69 Å². The normalized spacial score (nSPS) is 9.83. The van der Waals surface area contributed by atoms with Crippen molar-refractivity contribution in [3.05, 3.63) is 46.5 Å².